The summed E-state index contributed by atoms with van der Waals surface area (Å²) in [6.07, 6.45) is 0.728. The highest BCUT2D eigenvalue weighted by atomic mass is 19.4. The highest BCUT2D eigenvalue weighted by molar-refractivity contribution is 6.02. The van der Waals surface area contributed by atoms with Gasteiger partial charge in [-0.1, -0.05) is 12.2 Å². The zero-order valence-corrected chi connectivity index (χ0v) is 13.7. The van der Waals surface area contributed by atoms with Crippen molar-refractivity contribution in [1.29, 1.82) is 0 Å². The first kappa shape index (κ1) is 18.0. The Morgan fingerprint density at radius 2 is 1.73 bits per heavy atom. The molecule has 5 nitrogen and oxygen atoms in total. The largest absolute Gasteiger partial charge is 0.486 e. The number of hydrogen-bond acceptors (Lipinski definition) is 4. The van der Waals surface area contributed by atoms with Crippen molar-refractivity contribution in [3.8, 4) is 11.5 Å². The van der Waals surface area contributed by atoms with Gasteiger partial charge in [0, 0.05) is 13.1 Å². The van der Waals surface area contributed by atoms with Crippen molar-refractivity contribution in [1.82, 2.24) is 4.90 Å². The molecule has 2 heterocycles. The van der Waals surface area contributed by atoms with Gasteiger partial charge in [0.2, 0.25) is 0 Å². The standard InChI is InChI=1S/C18H16F3NO4/c19-18(20,21)17(24)22-6-2-1-3-14(23)5-4-12-9-15-16(10-13(12)11-22)26-8-7-25-15/h1,3-5,9-10H,2,6-8,11H2/b3-1-,5-4-. The molecule has 0 saturated carbocycles. The van der Waals surface area contributed by atoms with E-state index in [1.807, 2.05) is 0 Å². The average Bonchev–Trinajstić information content (AvgIpc) is 2.63. The molecule has 0 radical (unpaired) electrons. The summed E-state index contributed by atoms with van der Waals surface area (Å²) >= 11 is 0. The van der Waals surface area contributed by atoms with Crippen LogP contribution in [-0.4, -0.2) is 42.5 Å². The third kappa shape index (κ3) is 4.07. The molecule has 3 rings (SSSR count). The summed E-state index contributed by atoms with van der Waals surface area (Å²) in [5, 5.41) is 0. The Bertz CT molecular complexity index is 783. The summed E-state index contributed by atoms with van der Waals surface area (Å²) in [5.74, 6) is -1.35. The van der Waals surface area contributed by atoms with Gasteiger partial charge in [-0.25, -0.2) is 0 Å². The van der Waals surface area contributed by atoms with Gasteiger partial charge in [-0.05, 0) is 41.8 Å². The van der Waals surface area contributed by atoms with Crippen LogP contribution in [0.1, 0.15) is 17.5 Å². The second kappa shape index (κ2) is 7.23. The maximum atomic E-state index is 12.9. The third-order valence-corrected chi connectivity index (χ3v) is 3.97. The molecule has 2 aliphatic rings. The molecule has 0 saturated heterocycles. The van der Waals surface area contributed by atoms with E-state index in [1.54, 1.807) is 12.1 Å². The summed E-state index contributed by atoms with van der Waals surface area (Å²) in [7, 11) is 0. The fourth-order valence-electron chi connectivity index (χ4n) is 2.73. The molecule has 0 bridgehead atoms. The van der Waals surface area contributed by atoms with Crippen molar-refractivity contribution < 1.29 is 32.2 Å². The molecule has 0 aromatic heterocycles. The second-order valence-electron chi connectivity index (χ2n) is 5.85. The number of halogens is 3. The summed E-state index contributed by atoms with van der Waals surface area (Å²) < 4.78 is 49.7. The maximum Gasteiger partial charge on any atom is 0.471 e. The van der Waals surface area contributed by atoms with Crippen LogP contribution in [0, 0.1) is 0 Å². The van der Waals surface area contributed by atoms with Gasteiger partial charge in [0.15, 0.2) is 17.3 Å². The number of ether oxygens (including phenoxy) is 2. The highest BCUT2D eigenvalue weighted by Crippen LogP contribution is 2.35. The van der Waals surface area contributed by atoms with Crippen LogP contribution >= 0.6 is 0 Å². The number of carbonyl (C=O) groups is 2. The number of nitrogens with zero attached hydrogens (tertiary/aromatic N) is 1. The molecule has 0 spiro atoms. The van der Waals surface area contributed by atoms with Crippen LogP contribution < -0.4 is 9.47 Å². The van der Waals surface area contributed by atoms with E-state index in [-0.39, 0.29) is 25.3 Å². The smallest absolute Gasteiger partial charge is 0.471 e. The van der Waals surface area contributed by atoms with Crippen molar-refractivity contribution in [3.05, 3.63) is 41.5 Å². The van der Waals surface area contributed by atoms with Gasteiger partial charge in [0.25, 0.3) is 0 Å². The Labute approximate surface area is 147 Å². The van der Waals surface area contributed by atoms with E-state index in [9.17, 15) is 22.8 Å². The van der Waals surface area contributed by atoms with E-state index in [1.165, 1.54) is 24.3 Å². The van der Waals surface area contributed by atoms with Crippen LogP contribution in [0.3, 0.4) is 0 Å². The van der Waals surface area contributed by atoms with Gasteiger partial charge in [-0.3, -0.25) is 9.59 Å². The number of carbonyl (C=O) groups excluding carboxylic acids is 2. The molecule has 1 aromatic carbocycles. The Morgan fingerprint density at radius 3 is 2.42 bits per heavy atom. The van der Waals surface area contributed by atoms with Crippen molar-refractivity contribution in [2.45, 2.75) is 19.1 Å². The number of rotatable bonds is 0. The predicted molar refractivity (Wildman–Crippen MR) is 86.7 cm³/mol. The molecule has 0 unspecified atom stereocenters. The molecule has 0 N–H and O–H groups in total. The second-order valence-corrected chi connectivity index (χ2v) is 5.85. The van der Waals surface area contributed by atoms with Crippen molar-refractivity contribution in [3.63, 3.8) is 0 Å². The summed E-state index contributed by atoms with van der Waals surface area (Å²) in [6.45, 7) is 0.276. The van der Waals surface area contributed by atoms with Crippen LogP contribution in [0.5, 0.6) is 11.5 Å². The van der Waals surface area contributed by atoms with Crippen molar-refractivity contribution in [2.24, 2.45) is 0 Å². The topological polar surface area (TPSA) is 55.8 Å². The van der Waals surface area contributed by atoms with Crippen LogP contribution in [0.2, 0.25) is 0 Å². The quantitative estimate of drug-likeness (QED) is 0.708. The first-order valence-electron chi connectivity index (χ1n) is 8.02. The number of amides is 1. The Hall–Kier alpha value is -2.77. The molecule has 8 heteroatoms. The lowest BCUT2D eigenvalue weighted by molar-refractivity contribution is -0.186. The molecular formula is C18H16F3NO4. The van der Waals surface area contributed by atoms with Crippen LogP contribution in [0.25, 0.3) is 6.08 Å². The monoisotopic (exact) mass is 367 g/mol. The SMILES string of the molecule is O=C1/C=C\CCN(C(=O)C(F)(F)F)Cc2cc3c(cc2/C=C\1)OCCO3. The Kier molecular flexibility index (Phi) is 5.01. The van der Waals surface area contributed by atoms with E-state index in [0.717, 1.165) is 4.90 Å². The van der Waals surface area contributed by atoms with E-state index < -0.39 is 12.1 Å². The summed E-state index contributed by atoms with van der Waals surface area (Å²) in [6, 6.07) is 3.16. The van der Waals surface area contributed by atoms with E-state index in [2.05, 4.69) is 0 Å². The summed E-state index contributed by atoms with van der Waals surface area (Å²) in [5.41, 5.74) is 0.940. The van der Waals surface area contributed by atoms with Crippen molar-refractivity contribution >= 4 is 17.8 Å². The highest BCUT2D eigenvalue weighted by Gasteiger charge is 2.42. The van der Waals surface area contributed by atoms with E-state index >= 15 is 0 Å². The molecule has 0 fully saturated rings. The van der Waals surface area contributed by atoms with E-state index in [0.29, 0.717) is 35.8 Å². The van der Waals surface area contributed by atoms with Gasteiger partial charge in [-0.2, -0.15) is 13.2 Å². The molecule has 26 heavy (non-hydrogen) atoms. The first-order chi connectivity index (χ1) is 12.3. The predicted octanol–water partition coefficient (Wildman–Crippen LogP) is 2.89. The van der Waals surface area contributed by atoms with Gasteiger partial charge in [-0.15, -0.1) is 0 Å². The molecular weight excluding hydrogens is 351 g/mol. The van der Waals surface area contributed by atoms with Gasteiger partial charge in [0.1, 0.15) is 13.2 Å². The molecule has 1 aromatic rings. The first-order valence-corrected chi connectivity index (χ1v) is 8.02. The number of fused-ring (bicyclic) bond motifs is 2. The number of ketones is 1. The number of allylic oxidation sites excluding steroid dienone is 2. The van der Waals surface area contributed by atoms with Crippen molar-refractivity contribution in [2.75, 3.05) is 19.8 Å². The number of benzene rings is 1. The summed E-state index contributed by atoms with van der Waals surface area (Å²) in [4.78, 5) is 24.3. The zero-order chi connectivity index (χ0) is 18.7. The molecule has 0 aliphatic carbocycles. The fraction of sp³-hybridized carbons (Fsp3) is 0.333. The molecule has 138 valence electrons. The average molecular weight is 367 g/mol. The number of alkyl halides is 3. The van der Waals surface area contributed by atoms with Gasteiger partial charge < -0.3 is 14.4 Å². The minimum absolute atomic E-state index is 0.140. The minimum atomic E-state index is -4.97. The minimum Gasteiger partial charge on any atom is -0.486 e. The molecule has 1 amide bonds. The van der Waals surface area contributed by atoms with Gasteiger partial charge in [0.05, 0.1) is 0 Å². The normalized spacial score (nSPS) is 20.0. The van der Waals surface area contributed by atoms with E-state index in [4.69, 9.17) is 9.47 Å². The lowest BCUT2D eigenvalue weighted by atomic mass is 10.0. The maximum absolute atomic E-state index is 12.9. The van der Waals surface area contributed by atoms with Crippen LogP contribution in [0.4, 0.5) is 13.2 Å². The lowest BCUT2D eigenvalue weighted by Gasteiger charge is -2.26. The van der Waals surface area contributed by atoms with Crippen LogP contribution in [-0.2, 0) is 16.1 Å². The fourth-order valence-corrected chi connectivity index (χ4v) is 2.73. The molecule has 2 aliphatic heterocycles. The number of hydrogen-bond donors (Lipinski definition) is 0. The lowest BCUT2D eigenvalue weighted by Crippen LogP contribution is -2.41. The van der Waals surface area contributed by atoms with Crippen LogP contribution in [0.15, 0.2) is 30.4 Å². The Balaban J connectivity index is 2.03. The molecule has 0 atom stereocenters. The third-order valence-electron chi connectivity index (χ3n) is 3.97. The zero-order valence-electron chi connectivity index (χ0n) is 13.7. The van der Waals surface area contributed by atoms with Gasteiger partial charge >= 0.3 is 12.1 Å². The Morgan fingerprint density at radius 1 is 1.04 bits per heavy atom.